The molecule has 0 spiro atoms. The molecule has 0 fully saturated rings. The van der Waals surface area contributed by atoms with Crippen LogP contribution in [0.5, 0.6) is 0 Å². The van der Waals surface area contributed by atoms with E-state index in [1.54, 1.807) is 37.4 Å². The van der Waals surface area contributed by atoms with Crippen LogP contribution in [0.25, 0.3) is 0 Å². The number of benzene rings is 2. The number of aliphatic imine (C=N–C) groups is 1. The van der Waals surface area contributed by atoms with Gasteiger partial charge in [-0.1, -0.05) is 30.3 Å². The molecule has 6 nitrogen and oxygen atoms in total. The Balaban J connectivity index is 1.85. The Morgan fingerprint density at radius 1 is 1.17 bits per heavy atom. The van der Waals surface area contributed by atoms with Crippen molar-refractivity contribution >= 4 is 11.6 Å². The summed E-state index contributed by atoms with van der Waals surface area (Å²) >= 11 is 0. The molecule has 0 aliphatic rings. The second-order valence-electron chi connectivity index (χ2n) is 5.11. The van der Waals surface area contributed by atoms with Crippen LogP contribution in [0.1, 0.15) is 11.1 Å². The Morgan fingerprint density at radius 2 is 1.88 bits per heavy atom. The zero-order valence-corrected chi connectivity index (χ0v) is 13.3. The molecule has 126 valence electrons. The summed E-state index contributed by atoms with van der Waals surface area (Å²) < 4.78 is 12.8. The molecule has 2 N–H and O–H groups in total. The second-order valence-corrected chi connectivity index (χ2v) is 5.11. The minimum atomic E-state index is -0.401. The van der Waals surface area contributed by atoms with Crippen molar-refractivity contribution < 1.29 is 9.31 Å². The fraction of sp³-hybridized carbons (Fsp3) is 0.235. The van der Waals surface area contributed by atoms with Crippen LogP contribution >= 0.6 is 0 Å². The van der Waals surface area contributed by atoms with Crippen LogP contribution in [-0.2, 0) is 13.0 Å². The molecule has 0 atom stereocenters. The van der Waals surface area contributed by atoms with Crippen molar-refractivity contribution in [1.29, 1.82) is 0 Å². The van der Waals surface area contributed by atoms with Crippen molar-refractivity contribution in [3.63, 3.8) is 0 Å². The quantitative estimate of drug-likeness (QED) is 0.369. The van der Waals surface area contributed by atoms with Gasteiger partial charge in [0.15, 0.2) is 5.96 Å². The van der Waals surface area contributed by atoms with Gasteiger partial charge in [-0.05, 0) is 24.1 Å². The standard InChI is InChI=1S/C17H19FN4O2/c1-19-17(20-11-10-13-6-8-15(18)9-7-13)21-12-14-4-2-3-5-16(14)22(23)24/h2-9H,10-12H2,1H3,(H2,19,20,21). The van der Waals surface area contributed by atoms with Crippen LogP contribution in [0.4, 0.5) is 10.1 Å². The predicted octanol–water partition coefficient (Wildman–Crippen LogP) is 2.64. The van der Waals surface area contributed by atoms with E-state index in [9.17, 15) is 14.5 Å². The van der Waals surface area contributed by atoms with Crippen molar-refractivity contribution in [2.24, 2.45) is 4.99 Å². The van der Waals surface area contributed by atoms with E-state index in [4.69, 9.17) is 0 Å². The van der Waals surface area contributed by atoms with Crippen LogP contribution < -0.4 is 10.6 Å². The van der Waals surface area contributed by atoms with Gasteiger partial charge in [0.1, 0.15) is 5.82 Å². The zero-order chi connectivity index (χ0) is 17.4. The molecule has 0 amide bonds. The van der Waals surface area contributed by atoms with E-state index in [2.05, 4.69) is 15.6 Å². The molecule has 0 radical (unpaired) electrons. The van der Waals surface area contributed by atoms with E-state index >= 15 is 0 Å². The molecule has 0 aromatic heterocycles. The first-order valence-corrected chi connectivity index (χ1v) is 7.51. The summed E-state index contributed by atoms with van der Waals surface area (Å²) in [5.74, 6) is 0.295. The Bertz CT molecular complexity index is 717. The number of nitro groups is 1. The molecule has 0 saturated carbocycles. The third-order valence-electron chi connectivity index (χ3n) is 3.48. The van der Waals surface area contributed by atoms with Gasteiger partial charge in [0.2, 0.25) is 0 Å². The summed E-state index contributed by atoms with van der Waals surface area (Å²) in [4.78, 5) is 14.7. The first-order valence-electron chi connectivity index (χ1n) is 7.51. The van der Waals surface area contributed by atoms with Gasteiger partial charge >= 0.3 is 0 Å². The highest BCUT2D eigenvalue weighted by Crippen LogP contribution is 2.16. The number of hydrogen-bond acceptors (Lipinski definition) is 3. The number of guanidine groups is 1. The third kappa shape index (κ3) is 5.05. The lowest BCUT2D eigenvalue weighted by atomic mass is 10.1. The maximum absolute atomic E-state index is 12.8. The van der Waals surface area contributed by atoms with Crippen LogP contribution in [0.3, 0.4) is 0 Å². The summed E-state index contributed by atoms with van der Waals surface area (Å²) in [5, 5.41) is 17.2. The van der Waals surface area contributed by atoms with E-state index < -0.39 is 4.92 Å². The predicted molar refractivity (Wildman–Crippen MR) is 91.4 cm³/mol. The number of hydrogen-bond donors (Lipinski definition) is 2. The maximum Gasteiger partial charge on any atom is 0.274 e. The molecular weight excluding hydrogens is 311 g/mol. The average Bonchev–Trinajstić information content (AvgIpc) is 2.59. The fourth-order valence-electron chi connectivity index (χ4n) is 2.21. The molecule has 0 bridgehead atoms. The van der Waals surface area contributed by atoms with Gasteiger partial charge in [0.05, 0.1) is 4.92 Å². The maximum atomic E-state index is 12.8. The lowest BCUT2D eigenvalue weighted by molar-refractivity contribution is -0.385. The van der Waals surface area contributed by atoms with E-state index in [1.807, 2.05) is 0 Å². The highest BCUT2D eigenvalue weighted by molar-refractivity contribution is 5.79. The minimum absolute atomic E-state index is 0.0757. The molecule has 7 heteroatoms. The highest BCUT2D eigenvalue weighted by Gasteiger charge is 2.12. The monoisotopic (exact) mass is 330 g/mol. The molecule has 24 heavy (non-hydrogen) atoms. The number of nitrogens with one attached hydrogen (secondary N) is 2. The molecule has 0 heterocycles. The average molecular weight is 330 g/mol. The Morgan fingerprint density at radius 3 is 2.54 bits per heavy atom. The van der Waals surface area contributed by atoms with Crippen molar-refractivity contribution in [2.45, 2.75) is 13.0 Å². The number of rotatable bonds is 6. The van der Waals surface area contributed by atoms with Gasteiger partial charge in [-0.3, -0.25) is 15.1 Å². The van der Waals surface area contributed by atoms with E-state index in [-0.39, 0.29) is 11.5 Å². The smallest absolute Gasteiger partial charge is 0.274 e. The van der Waals surface area contributed by atoms with Gasteiger partial charge in [0, 0.05) is 31.8 Å². The first-order chi connectivity index (χ1) is 11.6. The first kappa shape index (κ1) is 17.4. The summed E-state index contributed by atoms with van der Waals surface area (Å²) in [6, 6.07) is 12.9. The molecule has 0 saturated heterocycles. The van der Waals surface area contributed by atoms with Crippen LogP contribution in [0, 0.1) is 15.9 Å². The van der Waals surface area contributed by atoms with E-state index in [1.165, 1.54) is 18.2 Å². The molecule has 0 unspecified atom stereocenters. The summed E-state index contributed by atoms with van der Waals surface area (Å²) in [6.45, 7) is 0.912. The Hall–Kier alpha value is -2.96. The SMILES string of the molecule is CN=C(NCCc1ccc(F)cc1)NCc1ccccc1[N+](=O)[O-]. The molecule has 0 aliphatic heterocycles. The van der Waals surface area contributed by atoms with Crippen LogP contribution in [0.15, 0.2) is 53.5 Å². The summed E-state index contributed by atoms with van der Waals surface area (Å²) in [6.07, 6.45) is 0.715. The van der Waals surface area contributed by atoms with Gasteiger partial charge in [-0.15, -0.1) is 0 Å². The lowest BCUT2D eigenvalue weighted by Crippen LogP contribution is -2.37. The van der Waals surface area contributed by atoms with E-state index in [0.717, 1.165) is 5.56 Å². The van der Waals surface area contributed by atoms with E-state index in [0.29, 0.717) is 31.0 Å². The summed E-state index contributed by atoms with van der Waals surface area (Å²) in [5.41, 5.74) is 1.67. The number of nitro benzene ring substituents is 1. The summed E-state index contributed by atoms with van der Waals surface area (Å²) in [7, 11) is 1.63. The van der Waals surface area contributed by atoms with Crippen molar-refractivity contribution in [1.82, 2.24) is 10.6 Å². The molecule has 0 aliphatic carbocycles. The molecular formula is C17H19FN4O2. The Kier molecular flexibility index (Phi) is 6.24. The van der Waals surface area contributed by atoms with Gasteiger partial charge in [0.25, 0.3) is 5.69 Å². The normalized spacial score (nSPS) is 11.2. The van der Waals surface area contributed by atoms with Crippen molar-refractivity contribution in [3.8, 4) is 0 Å². The topological polar surface area (TPSA) is 79.6 Å². The number of nitrogens with zero attached hydrogens (tertiary/aromatic N) is 2. The highest BCUT2D eigenvalue weighted by atomic mass is 19.1. The third-order valence-corrected chi connectivity index (χ3v) is 3.48. The van der Waals surface area contributed by atoms with Crippen LogP contribution in [0.2, 0.25) is 0 Å². The Labute approximate surface area is 139 Å². The molecule has 2 aromatic carbocycles. The molecule has 2 aromatic rings. The van der Waals surface area contributed by atoms with Gasteiger partial charge < -0.3 is 10.6 Å². The number of para-hydroxylation sites is 1. The van der Waals surface area contributed by atoms with Gasteiger partial charge in [-0.2, -0.15) is 0 Å². The van der Waals surface area contributed by atoms with Crippen molar-refractivity contribution in [3.05, 3.63) is 75.6 Å². The van der Waals surface area contributed by atoms with Gasteiger partial charge in [-0.25, -0.2) is 4.39 Å². The minimum Gasteiger partial charge on any atom is -0.356 e. The zero-order valence-electron chi connectivity index (χ0n) is 13.3. The fourth-order valence-corrected chi connectivity index (χ4v) is 2.21. The largest absolute Gasteiger partial charge is 0.356 e. The molecule has 2 rings (SSSR count). The number of halogens is 1. The van der Waals surface area contributed by atoms with Crippen LogP contribution in [-0.4, -0.2) is 24.5 Å². The second kappa shape index (κ2) is 8.61. The lowest BCUT2D eigenvalue weighted by Gasteiger charge is -2.12. The van der Waals surface area contributed by atoms with Crippen molar-refractivity contribution in [2.75, 3.05) is 13.6 Å².